The summed E-state index contributed by atoms with van der Waals surface area (Å²) in [6, 6.07) is 11.2. The lowest BCUT2D eigenvalue weighted by molar-refractivity contribution is 0.0601. The third-order valence-corrected chi connectivity index (χ3v) is 4.32. The number of hydrogen-bond donors (Lipinski definition) is 1. The Morgan fingerprint density at radius 2 is 2.00 bits per heavy atom. The Labute approximate surface area is 127 Å². The van der Waals surface area contributed by atoms with Gasteiger partial charge in [-0.1, -0.05) is 35.5 Å². The molecule has 2 aromatic rings. The molecule has 2 aromatic carbocycles. The van der Waals surface area contributed by atoms with Crippen LogP contribution in [0.25, 0.3) is 0 Å². The Balaban J connectivity index is 2.41. The second-order valence-corrected chi connectivity index (χ2v) is 5.75. The van der Waals surface area contributed by atoms with Gasteiger partial charge in [0, 0.05) is 15.5 Å². The summed E-state index contributed by atoms with van der Waals surface area (Å²) in [5.41, 5.74) is 7.57. The number of carbonyl (C=O) groups is 1. The zero-order valence-corrected chi connectivity index (χ0v) is 12.7. The molecule has 2 N–H and O–H groups in total. The monoisotopic (exact) mass is 307 g/mol. The average molecular weight is 308 g/mol. The Kier molecular flexibility index (Phi) is 4.57. The molecule has 5 heteroatoms. The van der Waals surface area contributed by atoms with E-state index in [0.29, 0.717) is 16.3 Å². The van der Waals surface area contributed by atoms with Crippen LogP contribution >= 0.6 is 23.4 Å². The lowest BCUT2D eigenvalue weighted by atomic mass is 10.1. The van der Waals surface area contributed by atoms with Gasteiger partial charge < -0.3 is 10.5 Å². The summed E-state index contributed by atoms with van der Waals surface area (Å²) >= 11 is 7.62. The molecule has 0 amide bonds. The van der Waals surface area contributed by atoms with E-state index in [-0.39, 0.29) is 0 Å². The number of nitrogens with two attached hydrogens (primary N) is 1. The molecule has 0 radical (unpaired) electrons. The highest BCUT2D eigenvalue weighted by molar-refractivity contribution is 7.99. The average Bonchev–Trinajstić information content (AvgIpc) is 2.44. The van der Waals surface area contributed by atoms with Crippen molar-refractivity contribution in [1.29, 1.82) is 0 Å². The molecule has 0 aliphatic heterocycles. The van der Waals surface area contributed by atoms with Crippen LogP contribution in [0.4, 0.5) is 5.69 Å². The van der Waals surface area contributed by atoms with Crippen LogP contribution in [-0.2, 0) is 4.74 Å². The smallest absolute Gasteiger partial charge is 0.340 e. The number of aryl methyl sites for hydroxylation is 1. The third-order valence-electron chi connectivity index (χ3n) is 2.83. The van der Waals surface area contributed by atoms with Crippen molar-refractivity contribution >= 4 is 35.0 Å². The fraction of sp³-hybridized carbons (Fsp3) is 0.133. The second kappa shape index (κ2) is 6.20. The van der Waals surface area contributed by atoms with Gasteiger partial charge in [0.1, 0.15) is 0 Å². The highest BCUT2D eigenvalue weighted by Crippen LogP contribution is 2.35. The van der Waals surface area contributed by atoms with Crippen molar-refractivity contribution in [3.05, 3.63) is 52.5 Å². The fourth-order valence-corrected chi connectivity index (χ4v) is 2.99. The van der Waals surface area contributed by atoms with Crippen LogP contribution in [0.5, 0.6) is 0 Å². The third kappa shape index (κ3) is 3.08. The van der Waals surface area contributed by atoms with Crippen molar-refractivity contribution in [3.8, 4) is 0 Å². The summed E-state index contributed by atoms with van der Waals surface area (Å²) in [6.07, 6.45) is 0. The molecule has 0 atom stereocenters. The van der Waals surface area contributed by atoms with E-state index < -0.39 is 5.97 Å². The molecule has 0 aromatic heterocycles. The second-order valence-electron chi connectivity index (χ2n) is 4.23. The zero-order valence-electron chi connectivity index (χ0n) is 11.1. The number of benzene rings is 2. The van der Waals surface area contributed by atoms with Crippen LogP contribution in [0, 0.1) is 6.92 Å². The van der Waals surface area contributed by atoms with Gasteiger partial charge in [-0.05, 0) is 36.8 Å². The molecule has 104 valence electrons. The van der Waals surface area contributed by atoms with Crippen molar-refractivity contribution < 1.29 is 9.53 Å². The predicted octanol–water partition coefficient (Wildman–Crippen LogP) is 4.17. The van der Waals surface area contributed by atoms with Crippen molar-refractivity contribution in [2.24, 2.45) is 0 Å². The molecule has 0 unspecified atom stereocenters. The van der Waals surface area contributed by atoms with Gasteiger partial charge >= 0.3 is 5.97 Å². The Hall–Kier alpha value is -1.65. The number of ether oxygens (including phenoxy) is 1. The van der Waals surface area contributed by atoms with Crippen LogP contribution in [0.2, 0.25) is 5.02 Å². The minimum absolute atomic E-state index is 0.377. The minimum Gasteiger partial charge on any atom is -0.465 e. The van der Waals surface area contributed by atoms with Gasteiger partial charge in [-0.2, -0.15) is 0 Å². The first kappa shape index (κ1) is 14.8. The van der Waals surface area contributed by atoms with E-state index in [1.54, 1.807) is 6.07 Å². The van der Waals surface area contributed by atoms with Crippen molar-refractivity contribution in [2.75, 3.05) is 12.8 Å². The molecule has 0 spiro atoms. The van der Waals surface area contributed by atoms with Gasteiger partial charge in [0.2, 0.25) is 0 Å². The number of methoxy groups -OCH3 is 1. The van der Waals surface area contributed by atoms with Gasteiger partial charge in [0.25, 0.3) is 0 Å². The van der Waals surface area contributed by atoms with Gasteiger partial charge in [-0.25, -0.2) is 4.79 Å². The molecule has 3 nitrogen and oxygen atoms in total. The van der Waals surface area contributed by atoms with Crippen LogP contribution in [0.1, 0.15) is 15.9 Å². The quantitative estimate of drug-likeness (QED) is 0.683. The first-order chi connectivity index (χ1) is 9.52. The molecular formula is C15H14ClNO2S. The summed E-state index contributed by atoms with van der Waals surface area (Å²) in [5.74, 6) is -0.438. The molecule has 0 saturated heterocycles. The summed E-state index contributed by atoms with van der Waals surface area (Å²) < 4.78 is 4.75. The number of carbonyl (C=O) groups excluding carboxylic acids is 1. The molecule has 0 heterocycles. The van der Waals surface area contributed by atoms with E-state index in [0.717, 1.165) is 15.4 Å². The Morgan fingerprint density at radius 1 is 1.30 bits per heavy atom. The minimum atomic E-state index is -0.438. The maximum atomic E-state index is 11.7. The predicted molar refractivity (Wildman–Crippen MR) is 82.5 cm³/mol. The maximum absolute atomic E-state index is 11.7. The first-order valence-electron chi connectivity index (χ1n) is 5.93. The molecular weight excluding hydrogens is 294 g/mol. The van der Waals surface area contributed by atoms with Crippen molar-refractivity contribution in [2.45, 2.75) is 16.7 Å². The Morgan fingerprint density at radius 3 is 2.65 bits per heavy atom. The lowest BCUT2D eigenvalue weighted by Crippen LogP contribution is -2.07. The molecule has 0 aliphatic carbocycles. The van der Waals surface area contributed by atoms with E-state index in [9.17, 15) is 4.79 Å². The van der Waals surface area contributed by atoms with Crippen molar-refractivity contribution in [3.63, 3.8) is 0 Å². The molecule has 2 rings (SSSR count). The zero-order chi connectivity index (χ0) is 14.7. The summed E-state index contributed by atoms with van der Waals surface area (Å²) in [7, 11) is 1.34. The van der Waals surface area contributed by atoms with Crippen LogP contribution in [0.15, 0.2) is 46.2 Å². The van der Waals surface area contributed by atoms with Gasteiger partial charge in [-0.3, -0.25) is 0 Å². The molecule has 0 bridgehead atoms. The number of rotatable bonds is 3. The van der Waals surface area contributed by atoms with Gasteiger partial charge in [0.05, 0.1) is 17.7 Å². The van der Waals surface area contributed by atoms with Crippen LogP contribution < -0.4 is 5.73 Å². The molecule has 20 heavy (non-hydrogen) atoms. The van der Waals surface area contributed by atoms with E-state index in [4.69, 9.17) is 22.1 Å². The number of halogens is 1. The number of esters is 1. The van der Waals surface area contributed by atoms with E-state index in [1.807, 2.05) is 37.3 Å². The summed E-state index contributed by atoms with van der Waals surface area (Å²) in [4.78, 5) is 13.5. The van der Waals surface area contributed by atoms with Gasteiger partial charge in [0.15, 0.2) is 0 Å². The fourth-order valence-electron chi connectivity index (χ4n) is 1.76. The lowest BCUT2D eigenvalue weighted by Gasteiger charge is -2.10. The molecule has 0 saturated carbocycles. The van der Waals surface area contributed by atoms with Crippen LogP contribution in [-0.4, -0.2) is 13.1 Å². The number of nitrogen functional groups attached to an aromatic ring is 1. The largest absolute Gasteiger partial charge is 0.465 e. The van der Waals surface area contributed by atoms with Crippen LogP contribution in [0.3, 0.4) is 0 Å². The first-order valence-corrected chi connectivity index (χ1v) is 7.13. The highest BCUT2D eigenvalue weighted by Gasteiger charge is 2.14. The van der Waals surface area contributed by atoms with E-state index >= 15 is 0 Å². The SMILES string of the molecule is COC(=O)c1cc(Sc2ccccc2Cl)cc(C)c1N. The maximum Gasteiger partial charge on any atom is 0.340 e. The standard InChI is InChI=1S/C15H14ClNO2S/c1-9-7-10(8-11(14(9)17)15(18)19-2)20-13-6-4-3-5-12(13)16/h3-8H,17H2,1-2H3. The highest BCUT2D eigenvalue weighted by atomic mass is 35.5. The Bertz CT molecular complexity index is 658. The number of anilines is 1. The summed E-state index contributed by atoms with van der Waals surface area (Å²) in [5, 5.41) is 0.673. The van der Waals surface area contributed by atoms with Crippen molar-refractivity contribution in [1.82, 2.24) is 0 Å². The van der Waals surface area contributed by atoms with Gasteiger partial charge in [-0.15, -0.1) is 0 Å². The topological polar surface area (TPSA) is 52.3 Å². The summed E-state index contributed by atoms with van der Waals surface area (Å²) in [6.45, 7) is 1.86. The molecule has 0 aliphatic rings. The van der Waals surface area contributed by atoms with E-state index in [2.05, 4.69) is 0 Å². The number of hydrogen-bond acceptors (Lipinski definition) is 4. The molecule has 0 fully saturated rings. The normalized spacial score (nSPS) is 10.3. The van der Waals surface area contributed by atoms with E-state index in [1.165, 1.54) is 18.9 Å².